The number of Topliss-reactive ketones (excluding diaryl/α,β-unsaturated/α-hetero) is 1. The molecule has 0 saturated carbocycles. The van der Waals surface area contributed by atoms with Crippen molar-refractivity contribution >= 4 is 33.3 Å². The molecule has 2 nitrogen and oxygen atoms in total. The number of rotatable bonds is 3. The SMILES string of the molecule is O=C(Cc1ccc(Br)cc1Cl)C1COc2ccccc2C1. The predicted octanol–water partition coefficient (Wildman–Crippen LogP) is 4.47. The molecule has 3 rings (SSSR count). The van der Waals surface area contributed by atoms with Crippen LogP contribution in [0.4, 0.5) is 0 Å². The summed E-state index contributed by atoms with van der Waals surface area (Å²) in [6.45, 7) is 0.448. The van der Waals surface area contributed by atoms with Gasteiger partial charge in [-0.2, -0.15) is 0 Å². The molecule has 21 heavy (non-hydrogen) atoms. The van der Waals surface area contributed by atoms with Gasteiger partial charge in [-0.1, -0.05) is 51.8 Å². The van der Waals surface area contributed by atoms with Crippen molar-refractivity contribution < 1.29 is 9.53 Å². The molecule has 1 aliphatic rings. The zero-order valence-electron chi connectivity index (χ0n) is 11.3. The fraction of sp³-hybridized carbons (Fsp3) is 0.235. The lowest BCUT2D eigenvalue weighted by Gasteiger charge is -2.24. The van der Waals surface area contributed by atoms with Crippen LogP contribution < -0.4 is 4.74 Å². The standard InChI is InChI=1S/C17H14BrClO2/c18-14-6-5-11(15(19)9-14)8-16(20)13-7-12-3-1-2-4-17(12)21-10-13/h1-6,9,13H,7-8,10H2. The van der Waals surface area contributed by atoms with E-state index in [0.29, 0.717) is 18.1 Å². The summed E-state index contributed by atoms with van der Waals surface area (Å²) in [5.41, 5.74) is 1.97. The van der Waals surface area contributed by atoms with Crippen molar-refractivity contribution in [3.05, 3.63) is 63.1 Å². The number of hydrogen-bond acceptors (Lipinski definition) is 2. The minimum Gasteiger partial charge on any atom is -0.493 e. The van der Waals surface area contributed by atoms with Crippen LogP contribution >= 0.6 is 27.5 Å². The Bertz CT molecular complexity index is 684. The van der Waals surface area contributed by atoms with Gasteiger partial charge in [-0.25, -0.2) is 0 Å². The van der Waals surface area contributed by atoms with E-state index < -0.39 is 0 Å². The highest BCUT2D eigenvalue weighted by Gasteiger charge is 2.26. The lowest BCUT2D eigenvalue weighted by Crippen LogP contribution is -2.29. The summed E-state index contributed by atoms with van der Waals surface area (Å²) >= 11 is 9.55. The summed E-state index contributed by atoms with van der Waals surface area (Å²) in [5, 5.41) is 0.620. The van der Waals surface area contributed by atoms with Crippen molar-refractivity contribution in [3.63, 3.8) is 0 Å². The Hall–Kier alpha value is -1.32. The number of ether oxygens (including phenoxy) is 1. The van der Waals surface area contributed by atoms with E-state index >= 15 is 0 Å². The van der Waals surface area contributed by atoms with E-state index in [1.54, 1.807) is 0 Å². The van der Waals surface area contributed by atoms with Crippen LogP contribution in [0, 0.1) is 5.92 Å². The van der Waals surface area contributed by atoms with E-state index in [2.05, 4.69) is 15.9 Å². The number of hydrogen-bond donors (Lipinski definition) is 0. The van der Waals surface area contributed by atoms with Gasteiger partial charge in [-0.05, 0) is 35.7 Å². The number of para-hydroxylation sites is 1. The molecule has 2 aromatic carbocycles. The monoisotopic (exact) mass is 364 g/mol. The van der Waals surface area contributed by atoms with Gasteiger partial charge >= 0.3 is 0 Å². The van der Waals surface area contributed by atoms with Crippen LogP contribution in [-0.2, 0) is 17.6 Å². The third-order valence-corrected chi connectivity index (χ3v) is 4.56. The highest BCUT2D eigenvalue weighted by Crippen LogP contribution is 2.29. The van der Waals surface area contributed by atoms with E-state index in [1.807, 2.05) is 42.5 Å². The lowest BCUT2D eigenvalue weighted by molar-refractivity contribution is -0.123. The number of ketones is 1. The van der Waals surface area contributed by atoms with Gasteiger partial charge in [0.1, 0.15) is 11.5 Å². The van der Waals surface area contributed by atoms with Gasteiger partial charge in [0.2, 0.25) is 0 Å². The van der Waals surface area contributed by atoms with Gasteiger partial charge in [0.15, 0.2) is 0 Å². The zero-order chi connectivity index (χ0) is 14.8. The average molecular weight is 366 g/mol. The van der Waals surface area contributed by atoms with Gasteiger partial charge in [0.05, 0.1) is 12.5 Å². The number of carbonyl (C=O) groups is 1. The highest BCUT2D eigenvalue weighted by atomic mass is 79.9. The molecule has 0 fully saturated rings. The molecule has 1 aliphatic heterocycles. The van der Waals surface area contributed by atoms with Gasteiger partial charge in [-0.3, -0.25) is 4.79 Å². The van der Waals surface area contributed by atoms with Crippen LogP contribution in [0.2, 0.25) is 5.02 Å². The molecule has 2 aromatic rings. The minimum atomic E-state index is -0.0976. The van der Waals surface area contributed by atoms with E-state index in [-0.39, 0.29) is 11.7 Å². The van der Waals surface area contributed by atoms with Gasteiger partial charge in [-0.15, -0.1) is 0 Å². The lowest BCUT2D eigenvalue weighted by atomic mass is 9.90. The normalized spacial score (nSPS) is 17.0. The minimum absolute atomic E-state index is 0.0976. The van der Waals surface area contributed by atoms with Gasteiger partial charge in [0, 0.05) is 15.9 Å². The first kappa shape index (κ1) is 14.6. The Morgan fingerprint density at radius 2 is 2.10 bits per heavy atom. The molecule has 1 unspecified atom stereocenters. The smallest absolute Gasteiger partial charge is 0.144 e. The molecule has 0 spiro atoms. The van der Waals surface area contributed by atoms with Crippen LogP contribution in [0.3, 0.4) is 0 Å². The topological polar surface area (TPSA) is 26.3 Å². The molecular formula is C17H14BrClO2. The second kappa shape index (κ2) is 6.20. The van der Waals surface area contributed by atoms with Crippen molar-refractivity contribution in [1.29, 1.82) is 0 Å². The molecule has 4 heteroatoms. The maximum atomic E-state index is 12.5. The van der Waals surface area contributed by atoms with Crippen LogP contribution in [0.25, 0.3) is 0 Å². The molecule has 0 saturated heterocycles. The third-order valence-electron chi connectivity index (χ3n) is 3.71. The van der Waals surface area contributed by atoms with Gasteiger partial charge in [0.25, 0.3) is 0 Å². The second-order valence-electron chi connectivity index (χ2n) is 5.20. The number of halogens is 2. The molecule has 0 radical (unpaired) electrons. The van der Waals surface area contributed by atoms with Crippen LogP contribution in [-0.4, -0.2) is 12.4 Å². The van der Waals surface area contributed by atoms with Gasteiger partial charge < -0.3 is 4.74 Å². The fourth-order valence-electron chi connectivity index (χ4n) is 2.53. The molecule has 0 amide bonds. The first-order chi connectivity index (χ1) is 10.1. The summed E-state index contributed by atoms with van der Waals surface area (Å²) in [5.74, 6) is 0.969. The predicted molar refractivity (Wildman–Crippen MR) is 87.0 cm³/mol. The molecule has 0 bridgehead atoms. The van der Waals surface area contributed by atoms with Crippen molar-refractivity contribution in [2.24, 2.45) is 5.92 Å². The Labute approximate surface area is 137 Å². The number of benzene rings is 2. The Morgan fingerprint density at radius 3 is 2.90 bits per heavy atom. The average Bonchev–Trinajstić information content (AvgIpc) is 2.49. The van der Waals surface area contributed by atoms with Crippen molar-refractivity contribution in [1.82, 2.24) is 0 Å². The Kier molecular flexibility index (Phi) is 4.32. The summed E-state index contributed by atoms with van der Waals surface area (Å²) < 4.78 is 6.60. The maximum Gasteiger partial charge on any atom is 0.144 e. The number of fused-ring (bicyclic) bond motifs is 1. The van der Waals surface area contributed by atoms with E-state index in [9.17, 15) is 4.79 Å². The third kappa shape index (κ3) is 3.30. The summed E-state index contributed by atoms with van der Waals surface area (Å²) in [6, 6.07) is 13.5. The van der Waals surface area contributed by atoms with Crippen molar-refractivity contribution in [3.8, 4) is 5.75 Å². The maximum absolute atomic E-state index is 12.5. The van der Waals surface area contributed by atoms with E-state index in [4.69, 9.17) is 16.3 Å². The summed E-state index contributed by atoms with van der Waals surface area (Å²) in [6.07, 6.45) is 1.09. The van der Waals surface area contributed by atoms with E-state index in [0.717, 1.165) is 27.8 Å². The number of carbonyl (C=O) groups excluding carboxylic acids is 1. The molecular weight excluding hydrogens is 352 g/mol. The Morgan fingerprint density at radius 1 is 1.29 bits per heavy atom. The quantitative estimate of drug-likeness (QED) is 0.802. The first-order valence-electron chi connectivity index (χ1n) is 6.81. The summed E-state index contributed by atoms with van der Waals surface area (Å²) in [7, 11) is 0. The van der Waals surface area contributed by atoms with Crippen molar-refractivity contribution in [2.75, 3.05) is 6.61 Å². The highest BCUT2D eigenvalue weighted by molar-refractivity contribution is 9.10. The molecule has 1 atom stereocenters. The molecule has 1 heterocycles. The van der Waals surface area contributed by atoms with Crippen LogP contribution in [0.15, 0.2) is 46.9 Å². The first-order valence-corrected chi connectivity index (χ1v) is 7.98. The van der Waals surface area contributed by atoms with Crippen LogP contribution in [0.1, 0.15) is 11.1 Å². The molecule has 0 N–H and O–H groups in total. The van der Waals surface area contributed by atoms with Crippen LogP contribution in [0.5, 0.6) is 5.75 Å². The molecule has 0 aliphatic carbocycles. The van der Waals surface area contributed by atoms with E-state index in [1.165, 1.54) is 0 Å². The molecule has 108 valence electrons. The largest absolute Gasteiger partial charge is 0.493 e. The second-order valence-corrected chi connectivity index (χ2v) is 6.52. The fourth-order valence-corrected chi connectivity index (χ4v) is 3.27. The van der Waals surface area contributed by atoms with Crippen molar-refractivity contribution in [2.45, 2.75) is 12.8 Å². The summed E-state index contributed by atoms with van der Waals surface area (Å²) in [4.78, 5) is 12.5. The zero-order valence-corrected chi connectivity index (χ0v) is 13.7. The molecule has 0 aromatic heterocycles. The Balaban J connectivity index is 1.72.